The van der Waals surface area contributed by atoms with Crippen LogP contribution in [0, 0.1) is 13.8 Å². The normalized spacial score (nSPS) is 20.5. The highest BCUT2D eigenvalue weighted by Crippen LogP contribution is 2.27. The third-order valence-corrected chi connectivity index (χ3v) is 3.97. The first-order valence-corrected chi connectivity index (χ1v) is 6.71. The van der Waals surface area contributed by atoms with Crippen molar-refractivity contribution in [1.29, 1.82) is 0 Å². The first-order chi connectivity index (χ1) is 8.66. The number of fused-ring (bicyclic) bond motifs is 1. The molecule has 0 amide bonds. The van der Waals surface area contributed by atoms with Gasteiger partial charge in [-0.3, -0.25) is 0 Å². The zero-order valence-corrected chi connectivity index (χ0v) is 11.3. The topological polar surface area (TPSA) is 42.7 Å². The lowest BCUT2D eigenvalue weighted by molar-refractivity contribution is 0.399. The molecule has 1 fully saturated rings. The minimum atomic E-state index is 0.459. The van der Waals surface area contributed by atoms with Crippen LogP contribution < -0.4 is 5.32 Å². The van der Waals surface area contributed by atoms with Crippen molar-refractivity contribution in [3.8, 4) is 0 Å². The van der Waals surface area contributed by atoms with E-state index in [-0.39, 0.29) is 0 Å². The van der Waals surface area contributed by atoms with E-state index in [0.29, 0.717) is 6.04 Å². The summed E-state index contributed by atoms with van der Waals surface area (Å²) >= 11 is 0. The molecule has 18 heavy (non-hydrogen) atoms. The number of rotatable bonds is 1. The maximum absolute atomic E-state index is 4.66. The maximum atomic E-state index is 4.66. The predicted molar refractivity (Wildman–Crippen MR) is 72.6 cm³/mol. The number of hydrogen-bond acceptors (Lipinski definition) is 3. The summed E-state index contributed by atoms with van der Waals surface area (Å²) in [6.07, 6.45) is 3.80. The molecule has 4 heteroatoms. The molecule has 2 aromatic heterocycles. The molecular weight excluding hydrogens is 224 g/mol. The molecule has 0 radical (unpaired) electrons. The summed E-state index contributed by atoms with van der Waals surface area (Å²) in [7, 11) is 2.09. The fourth-order valence-electron chi connectivity index (χ4n) is 2.75. The molecule has 0 spiro atoms. The second-order valence-corrected chi connectivity index (χ2v) is 5.23. The van der Waals surface area contributed by atoms with Crippen LogP contribution in [0.4, 0.5) is 0 Å². The van der Waals surface area contributed by atoms with Gasteiger partial charge in [-0.2, -0.15) is 0 Å². The Labute approximate surface area is 107 Å². The van der Waals surface area contributed by atoms with E-state index >= 15 is 0 Å². The van der Waals surface area contributed by atoms with Crippen molar-refractivity contribution >= 4 is 11.2 Å². The Morgan fingerprint density at radius 3 is 2.72 bits per heavy atom. The Kier molecular flexibility index (Phi) is 2.82. The van der Waals surface area contributed by atoms with Crippen molar-refractivity contribution in [3.05, 3.63) is 23.1 Å². The lowest BCUT2D eigenvalue weighted by Gasteiger charge is -2.23. The minimum absolute atomic E-state index is 0.459. The monoisotopic (exact) mass is 244 g/mol. The van der Waals surface area contributed by atoms with Gasteiger partial charge in [-0.05, 0) is 39.3 Å². The van der Waals surface area contributed by atoms with E-state index < -0.39 is 0 Å². The highest BCUT2D eigenvalue weighted by molar-refractivity contribution is 5.73. The third-order valence-electron chi connectivity index (χ3n) is 3.97. The fraction of sp³-hybridized carbons (Fsp3) is 0.571. The first-order valence-electron chi connectivity index (χ1n) is 6.71. The Morgan fingerprint density at radius 2 is 2.00 bits per heavy atom. The zero-order chi connectivity index (χ0) is 12.7. The van der Waals surface area contributed by atoms with Gasteiger partial charge in [0.2, 0.25) is 0 Å². The van der Waals surface area contributed by atoms with Gasteiger partial charge in [0.1, 0.15) is 5.52 Å². The summed E-state index contributed by atoms with van der Waals surface area (Å²) in [6.45, 7) is 5.16. The molecule has 3 heterocycles. The van der Waals surface area contributed by atoms with Crippen LogP contribution in [0.3, 0.4) is 0 Å². The van der Waals surface area contributed by atoms with Gasteiger partial charge < -0.3 is 9.88 Å². The van der Waals surface area contributed by atoms with Gasteiger partial charge >= 0.3 is 0 Å². The smallest absolute Gasteiger partial charge is 0.158 e. The number of nitrogens with zero attached hydrogens (tertiary/aromatic N) is 3. The molecule has 96 valence electrons. The Morgan fingerprint density at radius 1 is 1.22 bits per heavy atom. The van der Waals surface area contributed by atoms with Gasteiger partial charge in [0, 0.05) is 18.8 Å². The molecule has 4 nitrogen and oxygen atoms in total. The highest BCUT2D eigenvalue weighted by atomic mass is 15.1. The number of aromatic nitrogens is 3. The van der Waals surface area contributed by atoms with E-state index in [2.05, 4.69) is 33.0 Å². The van der Waals surface area contributed by atoms with E-state index in [0.717, 1.165) is 29.1 Å². The minimum Gasteiger partial charge on any atom is -0.330 e. The summed E-state index contributed by atoms with van der Waals surface area (Å²) < 4.78 is 2.19. The second-order valence-electron chi connectivity index (χ2n) is 5.23. The van der Waals surface area contributed by atoms with Crippen molar-refractivity contribution < 1.29 is 0 Å². The number of piperidine rings is 1. The average molecular weight is 244 g/mol. The second kappa shape index (κ2) is 4.35. The van der Waals surface area contributed by atoms with E-state index in [1.165, 1.54) is 25.0 Å². The van der Waals surface area contributed by atoms with Crippen LogP contribution in [-0.2, 0) is 7.05 Å². The molecule has 0 aromatic carbocycles. The molecule has 1 saturated heterocycles. The van der Waals surface area contributed by atoms with Crippen LogP contribution in [-0.4, -0.2) is 21.1 Å². The van der Waals surface area contributed by atoms with Crippen LogP contribution in [0.5, 0.6) is 0 Å². The van der Waals surface area contributed by atoms with Crippen LogP contribution in [0.15, 0.2) is 6.07 Å². The first kappa shape index (κ1) is 11.7. The van der Waals surface area contributed by atoms with Crippen LogP contribution in [0.25, 0.3) is 11.2 Å². The average Bonchev–Trinajstić information content (AvgIpc) is 2.69. The number of hydrogen-bond donors (Lipinski definition) is 1. The molecule has 1 aliphatic heterocycles. The van der Waals surface area contributed by atoms with Crippen molar-refractivity contribution in [1.82, 2.24) is 19.9 Å². The van der Waals surface area contributed by atoms with E-state index in [9.17, 15) is 0 Å². The predicted octanol–water partition coefficient (Wildman–Crippen LogP) is 2.40. The van der Waals surface area contributed by atoms with E-state index in [1.54, 1.807) is 0 Å². The Balaban J connectivity index is 2.10. The van der Waals surface area contributed by atoms with Crippen molar-refractivity contribution in [2.24, 2.45) is 7.05 Å². The summed E-state index contributed by atoms with van der Waals surface area (Å²) in [6, 6.07) is 2.65. The van der Waals surface area contributed by atoms with E-state index in [4.69, 9.17) is 0 Å². The molecule has 2 aromatic rings. The van der Waals surface area contributed by atoms with Crippen LogP contribution in [0.1, 0.15) is 42.4 Å². The maximum Gasteiger partial charge on any atom is 0.158 e. The molecule has 1 atom stereocenters. The van der Waals surface area contributed by atoms with Gasteiger partial charge in [0.25, 0.3) is 0 Å². The quantitative estimate of drug-likeness (QED) is 0.837. The molecule has 1 N–H and O–H groups in total. The highest BCUT2D eigenvalue weighted by Gasteiger charge is 2.20. The summed E-state index contributed by atoms with van der Waals surface area (Å²) in [5.74, 6) is 0. The summed E-state index contributed by atoms with van der Waals surface area (Å²) in [5.41, 5.74) is 5.38. The third kappa shape index (κ3) is 1.81. The van der Waals surface area contributed by atoms with Gasteiger partial charge in [-0.1, -0.05) is 6.42 Å². The standard InChI is InChI=1S/C14H20N4/c1-9-10(2)17-14-12(16-9)8-13(18(14)3)11-6-4-5-7-15-11/h8,11,15H,4-7H2,1-3H3. The molecule has 1 unspecified atom stereocenters. The Bertz CT molecular complexity index is 579. The summed E-state index contributed by atoms with van der Waals surface area (Å²) in [5, 5.41) is 3.59. The van der Waals surface area contributed by atoms with Crippen LogP contribution in [0.2, 0.25) is 0 Å². The summed E-state index contributed by atoms with van der Waals surface area (Å²) in [4.78, 5) is 9.30. The van der Waals surface area contributed by atoms with Crippen molar-refractivity contribution in [2.45, 2.75) is 39.2 Å². The van der Waals surface area contributed by atoms with Gasteiger partial charge in [0.15, 0.2) is 5.65 Å². The van der Waals surface area contributed by atoms with E-state index in [1.807, 2.05) is 13.8 Å². The molecule has 0 bridgehead atoms. The largest absolute Gasteiger partial charge is 0.330 e. The molecule has 1 aliphatic rings. The van der Waals surface area contributed by atoms with Crippen molar-refractivity contribution in [2.75, 3.05) is 6.54 Å². The van der Waals surface area contributed by atoms with Crippen molar-refractivity contribution in [3.63, 3.8) is 0 Å². The van der Waals surface area contributed by atoms with Gasteiger partial charge in [0.05, 0.1) is 11.4 Å². The molecule has 0 aliphatic carbocycles. The molecule has 3 rings (SSSR count). The fourth-order valence-corrected chi connectivity index (χ4v) is 2.75. The lowest BCUT2D eigenvalue weighted by Crippen LogP contribution is -2.28. The number of nitrogens with one attached hydrogen (secondary N) is 1. The van der Waals surface area contributed by atoms with Crippen LogP contribution >= 0.6 is 0 Å². The SMILES string of the molecule is Cc1nc2cc(C3CCCCN3)n(C)c2nc1C. The van der Waals surface area contributed by atoms with Gasteiger partial charge in [-0.25, -0.2) is 9.97 Å². The number of aryl methyl sites for hydroxylation is 3. The van der Waals surface area contributed by atoms with Gasteiger partial charge in [-0.15, -0.1) is 0 Å². The Hall–Kier alpha value is -1.42. The lowest BCUT2D eigenvalue weighted by atomic mass is 10.0. The zero-order valence-electron chi connectivity index (χ0n) is 11.3. The molecular formula is C14H20N4. The molecule has 0 saturated carbocycles.